The van der Waals surface area contributed by atoms with E-state index in [0.29, 0.717) is 17.0 Å². The molecule has 0 aliphatic carbocycles. The van der Waals surface area contributed by atoms with Crippen LogP contribution in [-0.4, -0.2) is 17.6 Å². The number of carbonyl (C=O) groups is 1. The number of nitrogens with one attached hydrogen (secondary N) is 1. The van der Waals surface area contributed by atoms with Crippen LogP contribution in [0.5, 0.6) is 0 Å². The van der Waals surface area contributed by atoms with Gasteiger partial charge in [-0.25, -0.2) is 4.39 Å². The van der Waals surface area contributed by atoms with Crippen molar-refractivity contribution < 1.29 is 13.7 Å². The first-order valence-electron chi connectivity index (χ1n) is 5.83. The van der Waals surface area contributed by atoms with Crippen molar-refractivity contribution in [2.75, 3.05) is 11.9 Å². The summed E-state index contributed by atoms with van der Waals surface area (Å²) >= 11 is 0. The van der Waals surface area contributed by atoms with Gasteiger partial charge in [0.05, 0.1) is 18.3 Å². The zero-order chi connectivity index (χ0) is 14.5. The summed E-state index contributed by atoms with van der Waals surface area (Å²) in [6.07, 6.45) is 1.31. The minimum absolute atomic E-state index is 0.157. The highest BCUT2D eigenvalue weighted by Gasteiger charge is 2.13. The van der Waals surface area contributed by atoms with Crippen LogP contribution in [0.15, 0.2) is 28.9 Å². The molecule has 3 N–H and O–H groups in total. The molecule has 0 bridgehead atoms. The standard InChI is InChI=1S/C14H12FN3O2/c1-9-12(8-17-20-9)14(19)18-11-5-4-10(3-2-6-16)13(15)7-11/h4-5,7-8H,6,16H2,1H3,(H,18,19). The molecular formula is C14H12FN3O2. The summed E-state index contributed by atoms with van der Waals surface area (Å²) in [5, 5.41) is 6.07. The second-order valence-corrected chi connectivity index (χ2v) is 3.95. The first-order chi connectivity index (χ1) is 9.61. The summed E-state index contributed by atoms with van der Waals surface area (Å²) in [6.45, 7) is 1.78. The molecular weight excluding hydrogens is 261 g/mol. The zero-order valence-corrected chi connectivity index (χ0v) is 10.7. The highest BCUT2D eigenvalue weighted by molar-refractivity contribution is 6.04. The molecule has 1 aromatic heterocycles. The third kappa shape index (κ3) is 3.02. The van der Waals surface area contributed by atoms with E-state index in [4.69, 9.17) is 10.3 Å². The number of aromatic nitrogens is 1. The van der Waals surface area contributed by atoms with Gasteiger partial charge in [-0.15, -0.1) is 0 Å². The Kier molecular flexibility index (Phi) is 4.13. The maximum atomic E-state index is 13.7. The molecule has 2 rings (SSSR count). The molecule has 6 heteroatoms. The first kappa shape index (κ1) is 13.8. The summed E-state index contributed by atoms with van der Waals surface area (Å²) in [5.41, 5.74) is 6.08. The van der Waals surface area contributed by atoms with Gasteiger partial charge in [0.2, 0.25) is 0 Å². The minimum Gasteiger partial charge on any atom is -0.361 e. The first-order valence-corrected chi connectivity index (χ1v) is 5.83. The molecule has 2 aromatic rings. The molecule has 102 valence electrons. The van der Waals surface area contributed by atoms with Gasteiger partial charge in [0.1, 0.15) is 17.1 Å². The number of nitrogens with zero attached hydrogens (tertiary/aromatic N) is 1. The predicted molar refractivity (Wildman–Crippen MR) is 71.5 cm³/mol. The van der Waals surface area contributed by atoms with Crippen LogP contribution in [-0.2, 0) is 0 Å². The van der Waals surface area contributed by atoms with Crippen LogP contribution in [0, 0.1) is 24.6 Å². The lowest BCUT2D eigenvalue weighted by atomic mass is 10.2. The maximum absolute atomic E-state index is 13.7. The highest BCUT2D eigenvalue weighted by atomic mass is 19.1. The van der Waals surface area contributed by atoms with Gasteiger partial charge in [-0.05, 0) is 25.1 Å². The number of hydrogen-bond acceptors (Lipinski definition) is 4. The molecule has 0 radical (unpaired) electrons. The van der Waals surface area contributed by atoms with E-state index in [-0.39, 0.29) is 12.1 Å². The van der Waals surface area contributed by atoms with Crippen molar-refractivity contribution in [3.05, 3.63) is 47.1 Å². The van der Waals surface area contributed by atoms with E-state index >= 15 is 0 Å². The number of nitrogens with two attached hydrogens (primary N) is 1. The van der Waals surface area contributed by atoms with E-state index in [2.05, 4.69) is 22.3 Å². The zero-order valence-electron chi connectivity index (χ0n) is 10.7. The highest BCUT2D eigenvalue weighted by Crippen LogP contribution is 2.16. The van der Waals surface area contributed by atoms with Gasteiger partial charge < -0.3 is 15.6 Å². The summed E-state index contributed by atoms with van der Waals surface area (Å²) in [7, 11) is 0. The Morgan fingerprint density at radius 3 is 2.95 bits per heavy atom. The molecule has 1 heterocycles. The smallest absolute Gasteiger partial charge is 0.260 e. The molecule has 0 saturated heterocycles. The van der Waals surface area contributed by atoms with Crippen LogP contribution in [0.2, 0.25) is 0 Å². The van der Waals surface area contributed by atoms with Gasteiger partial charge >= 0.3 is 0 Å². The second kappa shape index (κ2) is 5.99. The van der Waals surface area contributed by atoms with Gasteiger partial charge in [-0.2, -0.15) is 0 Å². The van der Waals surface area contributed by atoms with Crippen molar-refractivity contribution in [3.63, 3.8) is 0 Å². The van der Waals surface area contributed by atoms with Gasteiger partial charge in [-0.1, -0.05) is 17.0 Å². The second-order valence-electron chi connectivity index (χ2n) is 3.95. The van der Waals surface area contributed by atoms with Crippen molar-refractivity contribution in [1.82, 2.24) is 5.16 Å². The molecule has 0 saturated carbocycles. The Morgan fingerprint density at radius 1 is 1.55 bits per heavy atom. The van der Waals surface area contributed by atoms with Crippen molar-refractivity contribution in [1.29, 1.82) is 0 Å². The Bertz CT molecular complexity index is 698. The lowest BCUT2D eigenvalue weighted by Crippen LogP contribution is -2.12. The van der Waals surface area contributed by atoms with Crippen LogP contribution in [0.1, 0.15) is 21.7 Å². The number of benzene rings is 1. The molecule has 0 atom stereocenters. The lowest BCUT2D eigenvalue weighted by molar-refractivity contribution is 0.102. The molecule has 0 aliphatic heterocycles. The molecule has 0 fully saturated rings. The Balaban J connectivity index is 2.17. The Morgan fingerprint density at radius 2 is 2.35 bits per heavy atom. The van der Waals surface area contributed by atoms with Gasteiger partial charge in [-0.3, -0.25) is 4.79 Å². The minimum atomic E-state index is -0.522. The van der Waals surface area contributed by atoms with E-state index < -0.39 is 11.7 Å². The fourth-order valence-corrected chi connectivity index (χ4v) is 1.56. The Labute approximate surface area is 114 Å². The average Bonchev–Trinajstić information content (AvgIpc) is 2.84. The third-order valence-electron chi connectivity index (χ3n) is 2.55. The molecule has 0 aliphatic rings. The van der Waals surface area contributed by atoms with Crippen LogP contribution in [0.3, 0.4) is 0 Å². The predicted octanol–water partition coefficient (Wildman–Crippen LogP) is 1.68. The topological polar surface area (TPSA) is 81.2 Å². The van der Waals surface area contributed by atoms with Gasteiger partial charge in [0, 0.05) is 5.69 Å². The lowest BCUT2D eigenvalue weighted by Gasteiger charge is -2.04. The van der Waals surface area contributed by atoms with Crippen LogP contribution in [0.4, 0.5) is 10.1 Å². The number of amides is 1. The maximum Gasteiger partial charge on any atom is 0.260 e. The van der Waals surface area contributed by atoms with Crippen LogP contribution in [0.25, 0.3) is 0 Å². The molecule has 1 aromatic carbocycles. The van der Waals surface area contributed by atoms with Crippen LogP contribution >= 0.6 is 0 Å². The molecule has 5 nitrogen and oxygen atoms in total. The third-order valence-corrected chi connectivity index (χ3v) is 2.55. The van der Waals surface area contributed by atoms with E-state index in [1.807, 2.05) is 0 Å². The summed E-state index contributed by atoms with van der Waals surface area (Å²) in [6, 6.07) is 4.24. The SMILES string of the molecule is Cc1oncc1C(=O)Nc1ccc(C#CCN)c(F)c1. The number of rotatable bonds is 2. The van der Waals surface area contributed by atoms with Gasteiger partial charge in [0.15, 0.2) is 0 Å². The molecule has 20 heavy (non-hydrogen) atoms. The van der Waals surface area contributed by atoms with E-state index in [0.717, 1.165) is 0 Å². The molecule has 1 amide bonds. The van der Waals surface area contributed by atoms with Gasteiger partial charge in [0.25, 0.3) is 5.91 Å². The quantitative estimate of drug-likeness (QED) is 0.816. The molecule has 0 unspecified atom stereocenters. The largest absolute Gasteiger partial charge is 0.361 e. The normalized spacial score (nSPS) is 9.75. The van der Waals surface area contributed by atoms with E-state index in [1.165, 1.54) is 18.3 Å². The molecule has 0 spiro atoms. The number of hydrogen-bond donors (Lipinski definition) is 2. The van der Waals surface area contributed by atoms with E-state index in [1.54, 1.807) is 13.0 Å². The fourth-order valence-electron chi connectivity index (χ4n) is 1.56. The summed E-state index contributed by atoms with van der Waals surface area (Å²) < 4.78 is 18.5. The van der Waals surface area contributed by atoms with Crippen molar-refractivity contribution in [2.24, 2.45) is 5.73 Å². The average molecular weight is 273 g/mol. The Hall–Kier alpha value is -2.65. The number of aryl methyl sites for hydroxylation is 1. The number of anilines is 1. The monoisotopic (exact) mass is 273 g/mol. The van der Waals surface area contributed by atoms with Crippen LogP contribution < -0.4 is 11.1 Å². The summed E-state index contributed by atoms with van der Waals surface area (Å²) in [4.78, 5) is 11.9. The number of halogens is 1. The number of carbonyl (C=O) groups excluding carboxylic acids is 1. The van der Waals surface area contributed by atoms with Crippen molar-refractivity contribution >= 4 is 11.6 Å². The van der Waals surface area contributed by atoms with E-state index in [9.17, 15) is 9.18 Å². The van der Waals surface area contributed by atoms with Crippen molar-refractivity contribution in [2.45, 2.75) is 6.92 Å². The summed E-state index contributed by atoms with van der Waals surface area (Å²) in [5.74, 6) is 4.63. The van der Waals surface area contributed by atoms with Crippen molar-refractivity contribution in [3.8, 4) is 11.8 Å². The fraction of sp³-hybridized carbons (Fsp3) is 0.143.